The third-order valence-electron chi connectivity index (χ3n) is 5.22. The number of ether oxygens (including phenoxy) is 1. The summed E-state index contributed by atoms with van der Waals surface area (Å²) in [6.45, 7) is 10.9. The maximum absolute atomic E-state index is 12.9. The van der Waals surface area contributed by atoms with Gasteiger partial charge in [-0.2, -0.15) is 0 Å². The van der Waals surface area contributed by atoms with Crippen molar-refractivity contribution in [1.29, 1.82) is 0 Å². The van der Waals surface area contributed by atoms with Crippen LogP contribution in [0.15, 0.2) is 18.3 Å². The predicted molar refractivity (Wildman–Crippen MR) is 100 cm³/mol. The molecular weight excluding hydrogens is 330 g/mol. The van der Waals surface area contributed by atoms with Gasteiger partial charge in [0.05, 0.1) is 0 Å². The minimum Gasteiger partial charge on any atom is -0.444 e. The normalized spacial score (nSPS) is 21.9. The van der Waals surface area contributed by atoms with E-state index in [0.717, 1.165) is 38.0 Å². The number of piperidine rings is 1. The fraction of sp³-hybridized carbons (Fsp3) is 0.700. The Labute approximate surface area is 156 Å². The molecule has 1 atom stereocenters. The summed E-state index contributed by atoms with van der Waals surface area (Å²) in [7, 11) is 0. The molecule has 0 spiro atoms. The summed E-state index contributed by atoms with van der Waals surface area (Å²) in [4.78, 5) is 28.8. The zero-order valence-corrected chi connectivity index (χ0v) is 16.4. The maximum atomic E-state index is 12.9. The van der Waals surface area contributed by atoms with E-state index in [9.17, 15) is 9.59 Å². The SMILES string of the molecule is CC1CCN(C(=O)c2cccn2C2CCN(C(=O)OC(C)(C)C)CC2)C1. The molecule has 0 aliphatic carbocycles. The van der Waals surface area contributed by atoms with Crippen LogP contribution in [-0.4, -0.2) is 58.1 Å². The second kappa shape index (κ2) is 7.33. The number of amides is 2. The molecular formula is C20H31N3O3. The fourth-order valence-electron chi connectivity index (χ4n) is 3.83. The molecule has 0 radical (unpaired) electrons. The van der Waals surface area contributed by atoms with Crippen LogP contribution in [0.2, 0.25) is 0 Å². The van der Waals surface area contributed by atoms with Crippen molar-refractivity contribution in [2.75, 3.05) is 26.2 Å². The number of hydrogen-bond acceptors (Lipinski definition) is 3. The van der Waals surface area contributed by atoms with E-state index in [1.807, 2.05) is 44.0 Å². The first kappa shape index (κ1) is 18.8. The predicted octanol–water partition coefficient (Wildman–Crippen LogP) is 3.54. The number of likely N-dealkylation sites (tertiary alicyclic amines) is 2. The van der Waals surface area contributed by atoms with Gasteiger partial charge in [-0.1, -0.05) is 6.92 Å². The van der Waals surface area contributed by atoms with Crippen LogP contribution in [0, 0.1) is 5.92 Å². The third-order valence-corrected chi connectivity index (χ3v) is 5.22. The van der Waals surface area contributed by atoms with E-state index >= 15 is 0 Å². The Hall–Kier alpha value is -1.98. The van der Waals surface area contributed by atoms with Gasteiger partial charge in [0.15, 0.2) is 0 Å². The molecule has 3 heterocycles. The highest BCUT2D eigenvalue weighted by atomic mass is 16.6. The standard InChI is InChI=1S/C20H31N3O3/c1-15-7-11-22(14-15)18(24)17-6-5-10-23(17)16-8-12-21(13-9-16)19(25)26-20(2,3)4/h5-6,10,15-16H,7-9,11-14H2,1-4H3. The molecule has 144 valence electrons. The van der Waals surface area contributed by atoms with Gasteiger partial charge in [-0.05, 0) is 58.1 Å². The smallest absolute Gasteiger partial charge is 0.410 e. The highest BCUT2D eigenvalue weighted by Crippen LogP contribution is 2.27. The van der Waals surface area contributed by atoms with Gasteiger partial charge < -0.3 is 19.1 Å². The van der Waals surface area contributed by atoms with Crippen LogP contribution in [0.4, 0.5) is 4.79 Å². The third kappa shape index (κ3) is 4.22. The number of hydrogen-bond donors (Lipinski definition) is 0. The fourth-order valence-corrected chi connectivity index (χ4v) is 3.83. The van der Waals surface area contributed by atoms with E-state index in [1.54, 1.807) is 4.90 Å². The minimum atomic E-state index is -0.471. The van der Waals surface area contributed by atoms with Gasteiger partial charge in [0, 0.05) is 38.4 Å². The van der Waals surface area contributed by atoms with Crippen LogP contribution in [-0.2, 0) is 4.74 Å². The molecule has 1 aromatic rings. The monoisotopic (exact) mass is 361 g/mol. The molecule has 1 aromatic heterocycles. The number of rotatable bonds is 2. The van der Waals surface area contributed by atoms with Crippen LogP contribution in [0.5, 0.6) is 0 Å². The molecule has 0 saturated carbocycles. The Morgan fingerprint density at radius 2 is 1.73 bits per heavy atom. The summed E-state index contributed by atoms with van der Waals surface area (Å²) in [5.74, 6) is 0.716. The molecule has 2 aliphatic rings. The maximum Gasteiger partial charge on any atom is 0.410 e. The van der Waals surface area contributed by atoms with Gasteiger partial charge >= 0.3 is 6.09 Å². The Balaban J connectivity index is 1.61. The summed E-state index contributed by atoms with van der Waals surface area (Å²) < 4.78 is 7.57. The highest BCUT2D eigenvalue weighted by molar-refractivity contribution is 5.93. The van der Waals surface area contributed by atoms with Crippen LogP contribution in [0.1, 0.15) is 63.5 Å². The lowest BCUT2D eigenvalue weighted by molar-refractivity contribution is 0.0186. The largest absolute Gasteiger partial charge is 0.444 e. The van der Waals surface area contributed by atoms with Gasteiger partial charge in [-0.15, -0.1) is 0 Å². The Morgan fingerprint density at radius 3 is 2.31 bits per heavy atom. The van der Waals surface area contributed by atoms with E-state index in [2.05, 4.69) is 11.5 Å². The zero-order valence-electron chi connectivity index (χ0n) is 16.4. The zero-order chi connectivity index (χ0) is 18.9. The first-order valence-corrected chi connectivity index (χ1v) is 9.68. The number of carbonyl (C=O) groups excluding carboxylic acids is 2. The molecule has 0 bridgehead atoms. The topological polar surface area (TPSA) is 54.8 Å². The van der Waals surface area contributed by atoms with Crippen molar-refractivity contribution < 1.29 is 14.3 Å². The molecule has 26 heavy (non-hydrogen) atoms. The summed E-state index contributed by atoms with van der Waals surface area (Å²) >= 11 is 0. The van der Waals surface area contributed by atoms with Gasteiger partial charge in [0.1, 0.15) is 11.3 Å². The van der Waals surface area contributed by atoms with Crippen molar-refractivity contribution in [3.8, 4) is 0 Å². The minimum absolute atomic E-state index is 0.133. The summed E-state index contributed by atoms with van der Waals surface area (Å²) in [5.41, 5.74) is 0.302. The lowest BCUT2D eigenvalue weighted by Crippen LogP contribution is -2.42. The van der Waals surface area contributed by atoms with Crippen LogP contribution in [0.3, 0.4) is 0 Å². The molecule has 2 amide bonds. The number of nitrogens with zero attached hydrogens (tertiary/aromatic N) is 3. The van der Waals surface area contributed by atoms with Crippen molar-refractivity contribution in [3.63, 3.8) is 0 Å². The first-order chi connectivity index (χ1) is 12.2. The quantitative estimate of drug-likeness (QED) is 0.809. The molecule has 6 heteroatoms. The van der Waals surface area contributed by atoms with Crippen molar-refractivity contribution >= 4 is 12.0 Å². The average Bonchev–Trinajstić information content (AvgIpc) is 3.22. The molecule has 0 aromatic carbocycles. The Morgan fingerprint density at radius 1 is 1.08 bits per heavy atom. The molecule has 2 aliphatic heterocycles. The van der Waals surface area contributed by atoms with Gasteiger partial charge in [0.25, 0.3) is 5.91 Å². The van der Waals surface area contributed by atoms with E-state index in [1.165, 1.54) is 0 Å². The second-order valence-electron chi connectivity index (χ2n) is 8.64. The molecule has 3 rings (SSSR count). The van der Waals surface area contributed by atoms with E-state index in [4.69, 9.17) is 4.74 Å². The van der Waals surface area contributed by atoms with Crippen molar-refractivity contribution in [2.45, 2.75) is 58.6 Å². The molecule has 1 unspecified atom stereocenters. The lowest BCUT2D eigenvalue weighted by atomic mass is 10.0. The van der Waals surface area contributed by atoms with Crippen molar-refractivity contribution in [2.24, 2.45) is 5.92 Å². The summed E-state index contributed by atoms with van der Waals surface area (Å²) in [6, 6.07) is 4.13. The van der Waals surface area contributed by atoms with Crippen molar-refractivity contribution in [1.82, 2.24) is 14.4 Å². The summed E-state index contributed by atoms with van der Waals surface area (Å²) in [6.07, 6.45) is 4.52. The summed E-state index contributed by atoms with van der Waals surface area (Å²) in [5, 5.41) is 0. The van der Waals surface area contributed by atoms with Crippen LogP contribution in [0.25, 0.3) is 0 Å². The molecule has 6 nitrogen and oxygen atoms in total. The van der Waals surface area contributed by atoms with Gasteiger partial charge in [-0.25, -0.2) is 4.79 Å². The Kier molecular flexibility index (Phi) is 5.30. The van der Waals surface area contributed by atoms with E-state index in [0.29, 0.717) is 19.0 Å². The van der Waals surface area contributed by atoms with Crippen molar-refractivity contribution in [3.05, 3.63) is 24.0 Å². The average molecular weight is 361 g/mol. The van der Waals surface area contributed by atoms with Crippen LogP contribution >= 0.6 is 0 Å². The molecule has 0 N–H and O–H groups in total. The number of aromatic nitrogens is 1. The second-order valence-corrected chi connectivity index (χ2v) is 8.64. The van der Waals surface area contributed by atoms with Gasteiger partial charge in [0.2, 0.25) is 0 Å². The molecule has 2 saturated heterocycles. The first-order valence-electron chi connectivity index (χ1n) is 9.68. The molecule has 2 fully saturated rings. The Bertz CT molecular complexity index is 654. The highest BCUT2D eigenvalue weighted by Gasteiger charge is 2.30. The van der Waals surface area contributed by atoms with Gasteiger partial charge in [-0.3, -0.25) is 4.79 Å². The van der Waals surface area contributed by atoms with Crippen LogP contribution < -0.4 is 0 Å². The lowest BCUT2D eigenvalue weighted by Gasteiger charge is -2.34. The van der Waals surface area contributed by atoms with E-state index in [-0.39, 0.29) is 18.0 Å². The van der Waals surface area contributed by atoms with E-state index < -0.39 is 5.60 Å². The number of carbonyl (C=O) groups is 2.